The number of rotatable bonds is 12. The van der Waals surface area contributed by atoms with Gasteiger partial charge >= 0.3 is 11.9 Å². The fraction of sp³-hybridized carbons (Fsp3) is 0.250. The first kappa shape index (κ1) is 28.0. The first-order chi connectivity index (χ1) is 19.2. The lowest BCUT2D eigenvalue weighted by atomic mass is 10.0. The molecule has 7 heteroatoms. The molecule has 3 aromatic rings. The smallest absolute Gasteiger partial charge is 0.349 e. The van der Waals surface area contributed by atoms with E-state index in [-0.39, 0.29) is 6.10 Å². The topological polar surface area (TPSA) is 77.1 Å². The average Bonchev–Trinajstić information content (AvgIpc) is 2.99. The summed E-state index contributed by atoms with van der Waals surface area (Å²) in [6, 6.07) is 29.8. The number of nitrogens with zero attached hydrogens (tertiary/aromatic N) is 1. The normalized spacial score (nSPS) is 15.0. The van der Waals surface area contributed by atoms with Crippen molar-refractivity contribution in [2.45, 2.75) is 18.6 Å². The monoisotopic (exact) mass is 526 g/mol. The molecule has 1 heterocycles. The highest BCUT2D eigenvalue weighted by Gasteiger charge is 2.17. The van der Waals surface area contributed by atoms with Gasteiger partial charge in [0.25, 0.3) is 0 Å². The molecular weight excluding hydrogens is 492 g/mol. The number of carbonyl (C=O) groups excluding carboxylic acids is 2. The van der Waals surface area contributed by atoms with Gasteiger partial charge < -0.3 is 19.6 Å². The molecule has 0 spiro atoms. The van der Waals surface area contributed by atoms with Gasteiger partial charge in [0.2, 0.25) is 0 Å². The number of hydrogen-bond acceptors (Lipinski definition) is 7. The van der Waals surface area contributed by atoms with Crippen molar-refractivity contribution in [3.63, 3.8) is 0 Å². The van der Waals surface area contributed by atoms with Crippen LogP contribution in [0.25, 0.3) is 6.08 Å². The summed E-state index contributed by atoms with van der Waals surface area (Å²) in [5, 5.41) is 4.76. The van der Waals surface area contributed by atoms with E-state index in [0.29, 0.717) is 26.1 Å². The van der Waals surface area contributed by atoms with Crippen LogP contribution < -0.4 is 5.32 Å². The van der Waals surface area contributed by atoms with Gasteiger partial charge in [-0.05, 0) is 22.8 Å². The van der Waals surface area contributed by atoms with Gasteiger partial charge in [0.05, 0.1) is 6.61 Å². The number of ether oxygens (including phenoxy) is 2. The molecular formula is C32H34N2O5. The summed E-state index contributed by atoms with van der Waals surface area (Å²) < 4.78 is 12.0. The molecule has 0 saturated carbocycles. The van der Waals surface area contributed by atoms with Crippen LogP contribution >= 0.6 is 0 Å². The number of piperazine rings is 1. The van der Waals surface area contributed by atoms with Crippen molar-refractivity contribution in [1.82, 2.24) is 10.4 Å². The van der Waals surface area contributed by atoms with Crippen LogP contribution in [-0.4, -0.2) is 55.9 Å². The first-order valence-corrected chi connectivity index (χ1v) is 13.2. The SMILES string of the molecule is O=C(/C=C\C(=O)ON1CCNCC1)OC(C=Cc1ccccc1)CCOC(c1ccccc1)c1ccccc1. The van der Waals surface area contributed by atoms with Gasteiger partial charge in [0.1, 0.15) is 12.2 Å². The summed E-state index contributed by atoms with van der Waals surface area (Å²) in [6.45, 7) is 3.03. The minimum Gasteiger partial charge on any atom is -0.455 e. The van der Waals surface area contributed by atoms with E-state index in [1.807, 2.05) is 103 Å². The highest BCUT2D eigenvalue weighted by atomic mass is 16.7. The summed E-state index contributed by atoms with van der Waals surface area (Å²) in [5.74, 6) is -1.24. The Morgan fingerprint density at radius 2 is 1.36 bits per heavy atom. The Labute approximate surface area is 229 Å². The molecule has 4 rings (SSSR count). The third kappa shape index (κ3) is 9.65. The Bertz CT molecular complexity index is 1170. The number of nitrogens with one attached hydrogen (secondary N) is 1. The van der Waals surface area contributed by atoms with Gasteiger partial charge in [-0.2, -0.15) is 0 Å². The van der Waals surface area contributed by atoms with Crippen molar-refractivity contribution >= 4 is 18.0 Å². The first-order valence-electron chi connectivity index (χ1n) is 13.2. The van der Waals surface area contributed by atoms with Gasteiger partial charge in [-0.25, -0.2) is 9.59 Å². The zero-order valence-corrected chi connectivity index (χ0v) is 21.9. The molecule has 0 bridgehead atoms. The highest BCUT2D eigenvalue weighted by molar-refractivity contribution is 5.91. The molecule has 39 heavy (non-hydrogen) atoms. The van der Waals surface area contributed by atoms with Crippen LogP contribution in [0.2, 0.25) is 0 Å². The van der Waals surface area contributed by atoms with E-state index in [4.69, 9.17) is 14.3 Å². The summed E-state index contributed by atoms with van der Waals surface area (Å²) in [5.41, 5.74) is 3.08. The quantitative estimate of drug-likeness (QED) is 0.270. The third-order valence-electron chi connectivity index (χ3n) is 6.11. The molecule has 0 amide bonds. The lowest BCUT2D eigenvalue weighted by Crippen LogP contribution is -2.44. The van der Waals surface area contributed by atoms with E-state index in [9.17, 15) is 9.59 Å². The Hall–Kier alpha value is -4.04. The second-order valence-corrected chi connectivity index (χ2v) is 9.03. The molecule has 1 saturated heterocycles. The average molecular weight is 527 g/mol. The third-order valence-corrected chi connectivity index (χ3v) is 6.11. The summed E-state index contributed by atoms with van der Waals surface area (Å²) in [7, 11) is 0. The second kappa shape index (κ2) is 15.4. The number of benzene rings is 3. The second-order valence-electron chi connectivity index (χ2n) is 9.03. The van der Waals surface area contributed by atoms with Crippen molar-refractivity contribution in [1.29, 1.82) is 0 Å². The zero-order valence-electron chi connectivity index (χ0n) is 21.9. The largest absolute Gasteiger partial charge is 0.455 e. The minimum absolute atomic E-state index is 0.249. The van der Waals surface area contributed by atoms with Crippen molar-refractivity contribution in [2.75, 3.05) is 32.8 Å². The standard InChI is InChI=1S/C32H34N2O5/c35-30(18-19-31(36)39-34-23-21-33-22-24-34)38-29(17-16-26-10-4-1-5-11-26)20-25-37-32(27-12-6-2-7-13-27)28-14-8-3-9-15-28/h1-19,29,32-33H,20-25H2/b17-16?,19-18-. The maximum atomic E-state index is 12.6. The summed E-state index contributed by atoms with van der Waals surface area (Å²) in [4.78, 5) is 30.0. The molecule has 1 aliphatic rings. The van der Waals surface area contributed by atoms with Crippen LogP contribution in [0.3, 0.4) is 0 Å². The minimum atomic E-state index is -0.627. The molecule has 1 aliphatic heterocycles. The molecule has 0 radical (unpaired) electrons. The Morgan fingerprint density at radius 3 is 1.97 bits per heavy atom. The van der Waals surface area contributed by atoms with Crippen LogP contribution in [-0.2, 0) is 23.9 Å². The van der Waals surface area contributed by atoms with Crippen molar-refractivity contribution in [2.24, 2.45) is 0 Å². The predicted octanol–water partition coefficient (Wildman–Crippen LogP) is 4.73. The van der Waals surface area contributed by atoms with E-state index >= 15 is 0 Å². The maximum Gasteiger partial charge on any atom is 0.349 e. The fourth-order valence-electron chi connectivity index (χ4n) is 4.14. The van der Waals surface area contributed by atoms with Crippen molar-refractivity contribution < 1.29 is 23.9 Å². The van der Waals surface area contributed by atoms with E-state index in [0.717, 1.165) is 41.9 Å². The van der Waals surface area contributed by atoms with Gasteiger partial charge in [-0.1, -0.05) is 97.1 Å². The van der Waals surface area contributed by atoms with Gasteiger partial charge in [0.15, 0.2) is 0 Å². The molecule has 1 N–H and O–H groups in total. The van der Waals surface area contributed by atoms with E-state index < -0.39 is 18.0 Å². The van der Waals surface area contributed by atoms with Gasteiger partial charge in [-0.15, -0.1) is 5.06 Å². The number of hydroxylamine groups is 2. The lowest BCUT2D eigenvalue weighted by Gasteiger charge is -2.24. The Morgan fingerprint density at radius 1 is 0.795 bits per heavy atom. The molecule has 1 unspecified atom stereocenters. The fourth-order valence-corrected chi connectivity index (χ4v) is 4.14. The van der Waals surface area contributed by atoms with E-state index in [1.54, 1.807) is 5.06 Å². The predicted molar refractivity (Wildman–Crippen MR) is 150 cm³/mol. The molecule has 0 aliphatic carbocycles. The molecule has 0 aromatic heterocycles. The van der Waals surface area contributed by atoms with Crippen LogP contribution in [0, 0.1) is 0 Å². The maximum absolute atomic E-state index is 12.6. The molecule has 7 nitrogen and oxygen atoms in total. The number of esters is 1. The highest BCUT2D eigenvalue weighted by Crippen LogP contribution is 2.26. The molecule has 1 fully saturated rings. The Balaban J connectivity index is 1.38. The lowest BCUT2D eigenvalue weighted by molar-refractivity contribution is -0.186. The molecule has 3 aromatic carbocycles. The summed E-state index contributed by atoms with van der Waals surface area (Å²) >= 11 is 0. The van der Waals surface area contributed by atoms with Crippen LogP contribution in [0.15, 0.2) is 109 Å². The number of hydrogen-bond donors (Lipinski definition) is 1. The van der Waals surface area contributed by atoms with Gasteiger partial charge in [0, 0.05) is 44.8 Å². The molecule has 1 atom stereocenters. The van der Waals surface area contributed by atoms with Crippen LogP contribution in [0.1, 0.15) is 29.2 Å². The van der Waals surface area contributed by atoms with Crippen molar-refractivity contribution in [3.05, 3.63) is 126 Å². The number of carbonyl (C=O) groups is 2. The zero-order chi connectivity index (χ0) is 27.1. The van der Waals surface area contributed by atoms with Crippen molar-refractivity contribution in [3.8, 4) is 0 Å². The Kier molecular flexibility index (Phi) is 11.0. The van der Waals surface area contributed by atoms with Crippen LogP contribution in [0.4, 0.5) is 0 Å². The molecule has 202 valence electrons. The van der Waals surface area contributed by atoms with E-state index in [2.05, 4.69) is 5.32 Å². The summed E-state index contributed by atoms with van der Waals surface area (Å²) in [6.07, 6.45) is 5.57. The van der Waals surface area contributed by atoms with Crippen LogP contribution in [0.5, 0.6) is 0 Å². The van der Waals surface area contributed by atoms with E-state index in [1.165, 1.54) is 0 Å². The van der Waals surface area contributed by atoms with Gasteiger partial charge in [-0.3, -0.25) is 0 Å².